The van der Waals surface area contributed by atoms with Crippen molar-refractivity contribution in [2.45, 2.75) is 45.9 Å². The van der Waals surface area contributed by atoms with E-state index >= 15 is 0 Å². The molecule has 4 atom stereocenters. The summed E-state index contributed by atoms with van der Waals surface area (Å²) in [6.07, 6.45) is -1.75. The molecule has 1 aliphatic heterocycles. The fraction of sp³-hybridized carbons (Fsp3) is 0.650. The lowest BCUT2D eigenvalue weighted by atomic mass is 9.97. The van der Waals surface area contributed by atoms with Crippen molar-refractivity contribution in [2.24, 2.45) is 11.3 Å². The van der Waals surface area contributed by atoms with Crippen LogP contribution < -0.4 is 0 Å². The molecular weight excluding hydrogens is 352 g/mol. The normalized spacial score (nSPS) is 25.5. The van der Waals surface area contributed by atoms with Gasteiger partial charge in [0.2, 0.25) is 0 Å². The molecular formula is C20H30O7. The summed E-state index contributed by atoms with van der Waals surface area (Å²) in [6, 6.07) is 9.69. The predicted molar refractivity (Wildman–Crippen MR) is 97.6 cm³/mol. The van der Waals surface area contributed by atoms with E-state index in [0.29, 0.717) is 6.61 Å². The lowest BCUT2D eigenvalue weighted by Crippen LogP contribution is -2.36. The largest absolute Gasteiger partial charge is 0.463 e. The first kappa shape index (κ1) is 21.8. The van der Waals surface area contributed by atoms with Gasteiger partial charge < -0.3 is 28.8 Å². The first-order valence-electron chi connectivity index (χ1n) is 9.06. The summed E-state index contributed by atoms with van der Waals surface area (Å²) >= 11 is 0. The minimum atomic E-state index is -0.698. The number of methoxy groups -OCH3 is 1. The molecule has 7 nitrogen and oxygen atoms in total. The molecule has 1 fully saturated rings. The molecule has 0 radical (unpaired) electrons. The van der Waals surface area contributed by atoms with Crippen LogP contribution in [0, 0.1) is 11.3 Å². The second-order valence-electron chi connectivity index (χ2n) is 7.57. The number of ether oxygens (including phenoxy) is 5. The molecule has 7 heteroatoms. The highest BCUT2D eigenvalue weighted by molar-refractivity contribution is 5.75. The van der Waals surface area contributed by atoms with E-state index in [1.807, 2.05) is 30.3 Å². The molecule has 1 N–H and O–H groups in total. The summed E-state index contributed by atoms with van der Waals surface area (Å²) in [6.45, 7) is 5.58. The summed E-state index contributed by atoms with van der Waals surface area (Å²) < 4.78 is 27.8. The Labute approximate surface area is 160 Å². The Kier molecular flexibility index (Phi) is 8.19. The van der Waals surface area contributed by atoms with Gasteiger partial charge in [0.05, 0.1) is 18.6 Å². The summed E-state index contributed by atoms with van der Waals surface area (Å²) in [5.41, 5.74) is 0.386. The molecule has 1 saturated heterocycles. The number of aliphatic hydroxyl groups excluding tert-OH is 1. The second kappa shape index (κ2) is 10.1. The highest BCUT2D eigenvalue weighted by Crippen LogP contribution is 2.31. The van der Waals surface area contributed by atoms with Crippen LogP contribution >= 0.6 is 0 Å². The number of rotatable bonds is 9. The van der Waals surface area contributed by atoms with Gasteiger partial charge in [-0.25, -0.2) is 0 Å². The third kappa shape index (κ3) is 6.26. The maximum atomic E-state index is 12.0. The minimum Gasteiger partial charge on any atom is -0.463 e. The zero-order valence-corrected chi connectivity index (χ0v) is 16.4. The fourth-order valence-electron chi connectivity index (χ4n) is 2.76. The number of benzene rings is 1. The molecule has 0 saturated carbocycles. The van der Waals surface area contributed by atoms with Crippen LogP contribution in [0.4, 0.5) is 0 Å². The molecule has 0 amide bonds. The molecule has 0 unspecified atom stereocenters. The molecule has 1 aliphatic rings. The summed E-state index contributed by atoms with van der Waals surface area (Å²) in [5.74, 6) is -0.723. The van der Waals surface area contributed by atoms with Crippen molar-refractivity contribution < 1.29 is 33.6 Å². The van der Waals surface area contributed by atoms with Crippen molar-refractivity contribution in [2.75, 3.05) is 27.1 Å². The number of hydrogen-bond acceptors (Lipinski definition) is 7. The van der Waals surface area contributed by atoms with Crippen molar-refractivity contribution in [3.8, 4) is 0 Å². The van der Waals surface area contributed by atoms with E-state index in [4.69, 9.17) is 23.7 Å². The van der Waals surface area contributed by atoms with Crippen molar-refractivity contribution in [1.82, 2.24) is 0 Å². The van der Waals surface area contributed by atoms with Crippen LogP contribution in [0.2, 0.25) is 0 Å². The third-order valence-corrected chi connectivity index (χ3v) is 4.31. The quantitative estimate of drug-likeness (QED) is 0.517. The zero-order valence-electron chi connectivity index (χ0n) is 16.4. The van der Waals surface area contributed by atoms with Gasteiger partial charge in [-0.3, -0.25) is 4.79 Å². The summed E-state index contributed by atoms with van der Waals surface area (Å²) in [5, 5.41) is 9.84. The molecule has 1 aromatic carbocycles. The molecule has 1 aromatic rings. The Morgan fingerprint density at radius 3 is 2.48 bits per heavy atom. The van der Waals surface area contributed by atoms with E-state index in [-0.39, 0.29) is 26.0 Å². The molecule has 0 spiro atoms. The Morgan fingerprint density at radius 1 is 1.19 bits per heavy atom. The SMILES string of the molecule is COCO[C@@H]1[C@H](OCc2ccccc2)O[C@H](COC(=O)C(C)(C)C)[C@@H]1CO. The van der Waals surface area contributed by atoms with Gasteiger partial charge >= 0.3 is 5.97 Å². The van der Waals surface area contributed by atoms with E-state index in [2.05, 4.69) is 0 Å². The van der Waals surface area contributed by atoms with Crippen LogP contribution in [-0.4, -0.2) is 56.7 Å². The number of carbonyl (C=O) groups excluding carboxylic acids is 1. The van der Waals surface area contributed by atoms with Crippen LogP contribution in [-0.2, 0) is 35.1 Å². The van der Waals surface area contributed by atoms with Crippen LogP contribution in [0.3, 0.4) is 0 Å². The summed E-state index contributed by atoms with van der Waals surface area (Å²) in [7, 11) is 1.52. The van der Waals surface area contributed by atoms with E-state index in [9.17, 15) is 9.90 Å². The number of esters is 1. The van der Waals surface area contributed by atoms with Gasteiger partial charge in [0.1, 0.15) is 25.6 Å². The van der Waals surface area contributed by atoms with Crippen molar-refractivity contribution in [3.05, 3.63) is 35.9 Å². The lowest BCUT2D eigenvalue weighted by molar-refractivity contribution is -0.204. The lowest BCUT2D eigenvalue weighted by Gasteiger charge is -2.23. The van der Waals surface area contributed by atoms with E-state index < -0.39 is 29.8 Å². The van der Waals surface area contributed by atoms with Gasteiger partial charge in [-0.1, -0.05) is 30.3 Å². The number of hydrogen-bond donors (Lipinski definition) is 1. The van der Waals surface area contributed by atoms with Gasteiger partial charge in [-0.2, -0.15) is 0 Å². The van der Waals surface area contributed by atoms with E-state index in [0.717, 1.165) is 5.56 Å². The van der Waals surface area contributed by atoms with Crippen molar-refractivity contribution in [3.63, 3.8) is 0 Å². The average molecular weight is 382 g/mol. The number of carbonyl (C=O) groups is 1. The van der Waals surface area contributed by atoms with Gasteiger partial charge in [-0.15, -0.1) is 0 Å². The number of aliphatic hydroxyl groups is 1. The highest BCUT2D eigenvalue weighted by Gasteiger charge is 2.46. The van der Waals surface area contributed by atoms with Gasteiger partial charge in [0.25, 0.3) is 0 Å². The molecule has 152 valence electrons. The maximum Gasteiger partial charge on any atom is 0.311 e. The Hall–Kier alpha value is -1.51. The Bertz CT molecular complexity index is 569. The van der Waals surface area contributed by atoms with Crippen LogP contribution in [0.15, 0.2) is 30.3 Å². The zero-order chi connectivity index (χ0) is 19.9. The molecule has 1 heterocycles. The van der Waals surface area contributed by atoms with Gasteiger partial charge in [0, 0.05) is 13.0 Å². The first-order chi connectivity index (χ1) is 12.9. The second-order valence-corrected chi connectivity index (χ2v) is 7.57. The van der Waals surface area contributed by atoms with E-state index in [1.54, 1.807) is 20.8 Å². The topological polar surface area (TPSA) is 83.5 Å². The first-order valence-corrected chi connectivity index (χ1v) is 9.06. The van der Waals surface area contributed by atoms with Crippen LogP contribution in [0.5, 0.6) is 0 Å². The van der Waals surface area contributed by atoms with Crippen molar-refractivity contribution >= 4 is 5.97 Å². The van der Waals surface area contributed by atoms with Crippen LogP contribution in [0.25, 0.3) is 0 Å². The van der Waals surface area contributed by atoms with E-state index in [1.165, 1.54) is 7.11 Å². The van der Waals surface area contributed by atoms with Crippen LogP contribution in [0.1, 0.15) is 26.3 Å². The summed E-state index contributed by atoms with van der Waals surface area (Å²) in [4.78, 5) is 12.0. The maximum absolute atomic E-state index is 12.0. The standard InChI is InChI=1S/C20H30O7/c1-20(2,3)19(22)25-12-16-15(10-21)17(26-13-23-4)18(27-16)24-11-14-8-6-5-7-9-14/h5-9,15-18,21H,10-13H2,1-4H3/t15-,16+,17-,18+/m0/s1. The van der Waals surface area contributed by atoms with Gasteiger partial charge in [0.15, 0.2) is 6.29 Å². The fourth-order valence-corrected chi connectivity index (χ4v) is 2.76. The molecule has 0 aromatic heterocycles. The van der Waals surface area contributed by atoms with Crippen molar-refractivity contribution in [1.29, 1.82) is 0 Å². The molecule has 0 bridgehead atoms. The Morgan fingerprint density at radius 2 is 1.89 bits per heavy atom. The third-order valence-electron chi connectivity index (χ3n) is 4.31. The molecule has 2 rings (SSSR count). The van der Waals surface area contributed by atoms with Gasteiger partial charge in [-0.05, 0) is 26.3 Å². The highest BCUT2D eigenvalue weighted by atomic mass is 16.7. The minimum absolute atomic E-state index is 0.0272. The predicted octanol–water partition coefficient (Wildman–Crippen LogP) is 2.12. The molecule has 27 heavy (non-hydrogen) atoms. The Balaban J connectivity index is 2.01. The smallest absolute Gasteiger partial charge is 0.311 e. The molecule has 0 aliphatic carbocycles. The monoisotopic (exact) mass is 382 g/mol. The average Bonchev–Trinajstić information content (AvgIpc) is 2.99.